The van der Waals surface area contributed by atoms with Gasteiger partial charge in [-0.25, -0.2) is 0 Å². The molecular weight excluding hydrogens is 294 g/mol. The van der Waals surface area contributed by atoms with Crippen LogP contribution in [0.15, 0.2) is 54.6 Å². The first-order valence-corrected chi connectivity index (χ1v) is 7.22. The van der Waals surface area contributed by atoms with E-state index in [0.717, 1.165) is 4.90 Å². The lowest BCUT2D eigenvalue weighted by molar-refractivity contribution is -0.141. The molecule has 0 bridgehead atoms. The summed E-state index contributed by atoms with van der Waals surface area (Å²) in [5.74, 6) is -1.25. The van der Waals surface area contributed by atoms with Crippen LogP contribution in [0, 0.1) is 0 Å². The number of imide groups is 1. The average molecular weight is 309 g/mol. The van der Waals surface area contributed by atoms with E-state index in [1.165, 1.54) is 7.11 Å². The molecule has 0 radical (unpaired) electrons. The minimum atomic E-state index is -0.684. The number of fused-ring (bicyclic) bond motifs is 1. The molecule has 0 spiro atoms. The predicted octanol–water partition coefficient (Wildman–Crippen LogP) is 2.59. The van der Waals surface area contributed by atoms with Crippen LogP contribution in [0.3, 0.4) is 0 Å². The van der Waals surface area contributed by atoms with Crippen LogP contribution in [-0.4, -0.2) is 29.8 Å². The van der Waals surface area contributed by atoms with Gasteiger partial charge in [-0.15, -0.1) is 0 Å². The van der Waals surface area contributed by atoms with Crippen molar-refractivity contribution in [2.45, 2.75) is 12.5 Å². The second-order valence-corrected chi connectivity index (χ2v) is 5.23. The molecule has 0 fully saturated rings. The van der Waals surface area contributed by atoms with E-state index in [1.54, 1.807) is 48.5 Å². The molecule has 5 heteroatoms. The van der Waals surface area contributed by atoms with E-state index < -0.39 is 12.0 Å². The maximum absolute atomic E-state index is 12.6. The Bertz CT molecular complexity index is 735. The highest BCUT2D eigenvalue weighted by Gasteiger charge is 2.41. The number of carbonyl (C=O) groups excluding carboxylic acids is 3. The lowest BCUT2D eigenvalue weighted by Gasteiger charge is -2.25. The molecule has 2 amide bonds. The van der Waals surface area contributed by atoms with Crippen LogP contribution in [-0.2, 0) is 9.53 Å². The van der Waals surface area contributed by atoms with Crippen LogP contribution in [0.2, 0.25) is 0 Å². The largest absolute Gasteiger partial charge is 0.469 e. The molecule has 0 N–H and O–H groups in total. The van der Waals surface area contributed by atoms with Gasteiger partial charge in [-0.2, -0.15) is 0 Å². The molecule has 3 rings (SSSR count). The average Bonchev–Trinajstić information content (AvgIpc) is 2.85. The van der Waals surface area contributed by atoms with Crippen molar-refractivity contribution in [3.05, 3.63) is 71.3 Å². The smallest absolute Gasteiger partial charge is 0.307 e. The van der Waals surface area contributed by atoms with E-state index >= 15 is 0 Å². The third kappa shape index (κ3) is 2.61. The van der Waals surface area contributed by atoms with Gasteiger partial charge in [0.2, 0.25) is 0 Å². The summed E-state index contributed by atoms with van der Waals surface area (Å²) in [6.45, 7) is 0. The molecule has 2 aromatic rings. The Hall–Kier alpha value is -2.95. The minimum Gasteiger partial charge on any atom is -0.469 e. The number of methoxy groups -OCH3 is 1. The summed E-state index contributed by atoms with van der Waals surface area (Å²) in [6.07, 6.45) is -0.0774. The normalized spacial score (nSPS) is 14.6. The van der Waals surface area contributed by atoms with Crippen molar-refractivity contribution >= 4 is 17.8 Å². The fourth-order valence-corrected chi connectivity index (χ4v) is 2.77. The number of benzene rings is 2. The van der Waals surface area contributed by atoms with Crippen molar-refractivity contribution in [3.8, 4) is 0 Å². The van der Waals surface area contributed by atoms with Crippen molar-refractivity contribution in [2.75, 3.05) is 7.11 Å². The molecular formula is C18H15NO4. The quantitative estimate of drug-likeness (QED) is 0.643. The van der Waals surface area contributed by atoms with E-state index in [-0.39, 0.29) is 18.2 Å². The van der Waals surface area contributed by atoms with Gasteiger partial charge in [-0.1, -0.05) is 42.5 Å². The van der Waals surface area contributed by atoms with E-state index in [1.807, 2.05) is 6.07 Å². The van der Waals surface area contributed by atoms with Crippen LogP contribution < -0.4 is 0 Å². The van der Waals surface area contributed by atoms with Crippen LogP contribution in [0.4, 0.5) is 0 Å². The van der Waals surface area contributed by atoms with Crippen LogP contribution in [0.25, 0.3) is 0 Å². The van der Waals surface area contributed by atoms with Crippen LogP contribution in [0.1, 0.15) is 38.7 Å². The Morgan fingerprint density at radius 2 is 1.48 bits per heavy atom. The van der Waals surface area contributed by atoms with E-state index in [4.69, 9.17) is 4.74 Å². The number of ether oxygens (including phenoxy) is 1. The third-order valence-electron chi connectivity index (χ3n) is 3.91. The van der Waals surface area contributed by atoms with Crippen molar-refractivity contribution < 1.29 is 19.1 Å². The molecule has 1 heterocycles. The van der Waals surface area contributed by atoms with Gasteiger partial charge in [0.1, 0.15) is 0 Å². The van der Waals surface area contributed by atoms with Gasteiger partial charge < -0.3 is 4.74 Å². The Morgan fingerprint density at radius 1 is 0.957 bits per heavy atom. The van der Waals surface area contributed by atoms with Gasteiger partial charge in [-0.05, 0) is 17.7 Å². The van der Waals surface area contributed by atoms with Gasteiger partial charge in [0.05, 0.1) is 30.7 Å². The molecule has 1 unspecified atom stereocenters. The minimum absolute atomic E-state index is 0.0774. The van der Waals surface area contributed by atoms with Crippen molar-refractivity contribution in [1.29, 1.82) is 0 Å². The Kier molecular flexibility index (Phi) is 3.93. The van der Waals surface area contributed by atoms with E-state index in [2.05, 4.69) is 0 Å². The first-order chi connectivity index (χ1) is 11.1. The summed E-state index contributed by atoms with van der Waals surface area (Å²) in [5.41, 5.74) is 1.44. The second-order valence-electron chi connectivity index (χ2n) is 5.23. The van der Waals surface area contributed by atoms with Gasteiger partial charge in [-0.3, -0.25) is 19.3 Å². The molecule has 0 aliphatic carbocycles. The standard InChI is InChI=1S/C18H15NO4/c1-23-16(20)11-15(12-7-3-2-4-8-12)19-17(21)13-9-5-6-10-14(13)18(19)22/h2-10,15H,11H2,1H3. The number of rotatable bonds is 4. The molecule has 0 saturated carbocycles. The summed E-state index contributed by atoms with van der Waals surface area (Å²) in [4.78, 5) is 38.2. The lowest BCUT2D eigenvalue weighted by atomic mass is 10.0. The highest BCUT2D eigenvalue weighted by atomic mass is 16.5. The molecule has 1 aliphatic rings. The highest BCUT2D eigenvalue weighted by Crippen LogP contribution is 2.33. The maximum atomic E-state index is 12.6. The Morgan fingerprint density at radius 3 is 2.00 bits per heavy atom. The number of hydrogen-bond donors (Lipinski definition) is 0. The third-order valence-corrected chi connectivity index (χ3v) is 3.91. The summed E-state index contributed by atoms with van der Waals surface area (Å²) >= 11 is 0. The van der Waals surface area contributed by atoms with Crippen molar-refractivity contribution in [2.24, 2.45) is 0 Å². The summed E-state index contributed by atoms with van der Waals surface area (Å²) in [7, 11) is 1.28. The second kappa shape index (κ2) is 6.04. The summed E-state index contributed by atoms with van der Waals surface area (Å²) in [5, 5.41) is 0. The molecule has 1 atom stereocenters. The van der Waals surface area contributed by atoms with Crippen LogP contribution >= 0.6 is 0 Å². The zero-order valence-electron chi connectivity index (χ0n) is 12.6. The topological polar surface area (TPSA) is 63.7 Å². The van der Waals surface area contributed by atoms with Gasteiger partial charge in [0.15, 0.2) is 0 Å². The lowest BCUT2D eigenvalue weighted by Crippen LogP contribution is -2.35. The molecule has 116 valence electrons. The Balaban J connectivity index is 2.03. The van der Waals surface area contributed by atoms with Gasteiger partial charge in [0.25, 0.3) is 11.8 Å². The van der Waals surface area contributed by atoms with Gasteiger partial charge in [0, 0.05) is 0 Å². The highest BCUT2D eigenvalue weighted by molar-refractivity contribution is 6.21. The summed E-state index contributed by atoms with van der Waals surface area (Å²) in [6, 6.07) is 15.0. The number of amides is 2. The molecule has 0 saturated heterocycles. The number of carbonyl (C=O) groups is 3. The fraction of sp³-hybridized carbons (Fsp3) is 0.167. The zero-order valence-corrected chi connectivity index (χ0v) is 12.6. The molecule has 1 aliphatic heterocycles. The van der Waals surface area contributed by atoms with Gasteiger partial charge >= 0.3 is 5.97 Å². The SMILES string of the molecule is COC(=O)CC(c1ccccc1)N1C(=O)c2ccccc2C1=O. The maximum Gasteiger partial charge on any atom is 0.307 e. The van der Waals surface area contributed by atoms with E-state index in [0.29, 0.717) is 16.7 Å². The first-order valence-electron chi connectivity index (χ1n) is 7.22. The van der Waals surface area contributed by atoms with E-state index in [9.17, 15) is 14.4 Å². The zero-order chi connectivity index (χ0) is 16.4. The first kappa shape index (κ1) is 15.0. The monoisotopic (exact) mass is 309 g/mol. The molecule has 23 heavy (non-hydrogen) atoms. The molecule has 5 nitrogen and oxygen atoms in total. The fourth-order valence-electron chi connectivity index (χ4n) is 2.77. The predicted molar refractivity (Wildman–Crippen MR) is 82.8 cm³/mol. The number of esters is 1. The van der Waals surface area contributed by atoms with Crippen LogP contribution in [0.5, 0.6) is 0 Å². The number of hydrogen-bond acceptors (Lipinski definition) is 4. The van der Waals surface area contributed by atoms with Crippen molar-refractivity contribution in [3.63, 3.8) is 0 Å². The Labute approximate surface area is 133 Å². The number of nitrogens with zero attached hydrogens (tertiary/aromatic N) is 1. The van der Waals surface area contributed by atoms with Crippen molar-refractivity contribution in [1.82, 2.24) is 4.90 Å². The molecule has 2 aromatic carbocycles. The molecule has 0 aromatic heterocycles. The summed E-state index contributed by atoms with van der Waals surface area (Å²) < 4.78 is 4.72.